The minimum Gasteiger partial charge on any atom is -0.507 e. The summed E-state index contributed by atoms with van der Waals surface area (Å²) in [6.45, 7) is 5.69. The van der Waals surface area contributed by atoms with Crippen molar-refractivity contribution in [3.05, 3.63) is 94.6 Å². The number of ketones is 1. The van der Waals surface area contributed by atoms with Crippen LogP contribution in [-0.2, 0) is 9.59 Å². The standard InChI is InChI=1S/C29H26F3NO5/c1-16(2)21-15-22(17(3)14-23(21)37-4)26(34)24-25(18-8-6-5-7-9-18)33(28(36)27(24)35)19-10-12-20(13-11-19)38-29(30,31)32/h5-16,25,34H,1-4H3/b26-24+. The second-order valence-electron chi connectivity index (χ2n) is 9.19. The average Bonchev–Trinajstić information content (AvgIpc) is 3.13. The van der Waals surface area contributed by atoms with Crippen LogP contribution < -0.4 is 14.4 Å². The van der Waals surface area contributed by atoms with E-state index in [4.69, 9.17) is 4.74 Å². The molecule has 0 saturated carbocycles. The molecule has 1 amide bonds. The second-order valence-corrected chi connectivity index (χ2v) is 9.19. The molecule has 0 spiro atoms. The van der Waals surface area contributed by atoms with Crippen molar-refractivity contribution in [2.24, 2.45) is 0 Å². The first-order valence-electron chi connectivity index (χ1n) is 11.8. The molecule has 1 heterocycles. The van der Waals surface area contributed by atoms with Crippen molar-refractivity contribution in [1.29, 1.82) is 0 Å². The van der Waals surface area contributed by atoms with Gasteiger partial charge in [-0.15, -0.1) is 13.2 Å². The summed E-state index contributed by atoms with van der Waals surface area (Å²) in [5.74, 6) is -1.96. The van der Waals surface area contributed by atoms with Crippen LogP contribution in [-0.4, -0.2) is 30.3 Å². The molecule has 38 heavy (non-hydrogen) atoms. The highest BCUT2D eigenvalue weighted by Gasteiger charge is 2.47. The number of aryl methyl sites for hydroxylation is 1. The Morgan fingerprint density at radius 3 is 2.18 bits per heavy atom. The zero-order valence-corrected chi connectivity index (χ0v) is 21.2. The van der Waals surface area contributed by atoms with Crippen LogP contribution in [0.2, 0.25) is 0 Å². The Bertz CT molecular complexity index is 1400. The van der Waals surface area contributed by atoms with Crippen LogP contribution in [0.3, 0.4) is 0 Å². The second kappa shape index (κ2) is 10.2. The number of nitrogens with zero attached hydrogens (tertiary/aromatic N) is 1. The Morgan fingerprint density at radius 2 is 1.63 bits per heavy atom. The first-order chi connectivity index (χ1) is 17.9. The molecule has 3 aromatic carbocycles. The zero-order chi connectivity index (χ0) is 27.8. The maximum absolute atomic E-state index is 13.4. The SMILES string of the molecule is COc1cc(C)c(/C(O)=C2\C(=O)C(=O)N(c3ccc(OC(F)(F)F)cc3)C2c2ccccc2)cc1C(C)C. The molecule has 1 fully saturated rings. The van der Waals surface area contributed by atoms with Crippen LogP contribution >= 0.6 is 0 Å². The number of rotatable bonds is 6. The number of halogens is 3. The van der Waals surface area contributed by atoms with E-state index in [1.807, 2.05) is 13.8 Å². The summed E-state index contributed by atoms with van der Waals surface area (Å²) in [7, 11) is 1.55. The highest BCUT2D eigenvalue weighted by atomic mass is 19.4. The van der Waals surface area contributed by atoms with Crippen molar-refractivity contribution in [3.8, 4) is 11.5 Å². The number of anilines is 1. The molecule has 0 bridgehead atoms. The van der Waals surface area contributed by atoms with Crippen LogP contribution in [0.25, 0.3) is 5.76 Å². The number of hydrogen-bond acceptors (Lipinski definition) is 5. The minimum atomic E-state index is -4.87. The van der Waals surface area contributed by atoms with Gasteiger partial charge in [0.15, 0.2) is 0 Å². The normalized spacial score (nSPS) is 17.3. The van der Waals surface area contributed by atoms with Gasteiger partial charge in [-0.3, -0.25) is 14.5 Å². The summed E-state index contributed by atoms with van der Waals surface area (Å²) in [5.41, 5.74) is 2.41. The average molecular weight is 526 g/mol. The van der Waals surface area contributed by atoms with Crippen molar-refractivity contribution in [1.82, 2.24) is 0 Å². The number of ether oxygens (including phenoxy) is 2. The first-order valence-corrected chi connectivity index (χ1v) is 11.8. The lowest BCUT2D eigenvalue weighted by molar-refractivity contribution is -0.274. The van der Waals surface area contributed by atoms with Gasteiger partial charge in [-0.05, 0) is 65.9 Å². The number of Topliss-reactive ketones (excluding diaryl/α,β-unsaturated/α-hetero) is 1. The quantitative estimate of drug-likeness (QED) is 0.222. The Kier molecular flexibility index (Phi) is 7.22. The van der Waals surface area contributed by atoms with Gasteiger partial charge in [-0.2, -0.15) is 0 Å². The molecule has 1 saturated heterocycles. The van der Waals surface area contributed by atoms with Crippen LogP contribution in [0.1, 0.15) is 48.1 Å². The predicted octanol–water partition coefficient (Wildman–Crippen LogP) is 6.65. The molecule has 1 unspecified atom stereocenters. The number of benzene rings is 3. The molecule has 4 rings (SSSR count). The molecule has 3 aromatic rings. The molecule has 1 aliphatic heterocycles. The number of carbonyl (C=O) groups is 2. The fourth-order valence-corrected chi connectivity index (χ4v) is 4.58. The molecule has 6 nitrogen and oxygen atoms in total. The number of methoxy groups -OCH3 is 1. The first kappa shape index (κ1) is 26.8. The number of hydrogen-bond donors (Lipinski definition) is 1. The van der Waals surface area contributed by atoms with Crippen molar-refractivity contribution < 1.29 is 37.3 Å². The number of aliphatic hydroxyl groups is 1. The van der Waals surface area contributed by atoms with E-state index in [2.05, 4.69) is 4.74 Å². The van der Waals surface area contributed by atoms with Crippen molar-refractivity contribution in [3.63, 3.8) is 0 Å². The summed E-state index contributed by atoms with van der Waals surface area (Å²) in [4.78, 5) is 27.9. The van der Waals surface area contributed by atoms with Gasteiger partial charge in [0.2, 0.25) is 0 Å². The van der Waals surface area contributed by atoms with Crippen LogP contribution in [0.4, 0.5) is 18.9 Å². The maximum Gasteiger partial charge on any atom is 0.573 e. The third-order valence-electron chi connectivity index (χ3n) is 6.36. The van der Waals surface area contributed by atoms with Gasteiger partial charge >= 0.3 is 6.36 Å². The molecule has 9 heteroatoms. The lowest BCUT2D eigenvalue weighted by Gasteiger charge is -2.26. The zero-order valence-electron chi connectivity index (χ0n) is 21.2. The fourth-order valence-electron chi connectivity index (χ4n) is 4.58. The third-order valence-corrected chi connectivity index (χ3v) is 6.36. The van der Waals surface area contributed by atoms with E-state index in [1.54, 1.807) is 56.5 Å². The van der Waals surface area contributed by atoms with Gasteiger partial charge in [0.25, 0.3) is 11.7 Å². The van der Waals surface area contributed by atoms with Gasteiger partial charge in [0.1, 0.15) is 17.3 Å². The Morgan fingerprint density at radius 1 is 1.00 bits per heavy atom. The Balaban J connectivity index is 1.89. The van der Waals surface area contributed by atoms with E-state index >= 15 is 0 Å². The van der Waals surface area contributed by atoms with Crippen LogP contribution in [0, 0.1) is 6.92 Å². The van der Waals surface area contributed by atoms with E-state index in [0.717, 1.165) is 17.7 Å². The molecule has 1 aliphatic rings. The molecule has 198 valence electrons. The minimum absolute atomic E-state index is 0.0434. The van der Waals surface area contributed by atoms with E-state index in [1.165, 1.54) is 17.0 Å². The fraction of sp³-hybridized carbons (Fsp3) is 0.241. The van der Waals surface area contributed by atoms with E-state index in [-0.39, 0.29) is 22.9 Å². The molecule has 1 atom stereocenters. The molecule has 0 radical (unpaired) electrons. The van der Waals surface area contributed by atoms with Gasteiger partial charge in [0.05, 0.1) is 18.7 Å². The number of carbonyl (C=O) groups excluding carboxylic acids is 2. The van der Waals surface area contributed by atoms with Crippen LogP contribution in [0.15, 0.2) is 72.3 Å². The van der Waals surface area contributed by atoms with E-state index in [9.17, 15) is 27.9 Å². The summed E-state index contributed by atoms with van der Waals surface area (Å²) in [6.07, 6.45) is -4.87. The van der Waals surface area contributed by atoms with Gasteiger partial charge in [0, 0.05) is 11.3 Å². The van der Waals surface area contributed by atoms with Crippen LogP contribution in [0.5, 0.6) is 11.5 Å². The number of aliphatic hydroxyl groups excluding tert-OH is 1. The van der Waals surface area contributed by atoms with E-state index < -0.39 is 29.8 Å². The lowest BCUT2D eigenvalue weighted by Crippen LogP contribution is -2.29. The summed E-state index contributed by atoms with van der Waals surface area (Å²) < 4.78 is 47.3. The molecule has 0 aromatic heterocycles. The highest BCUT2D eigenvalue weighted by Crippen LogP contribution is 2.43. The van der Waals surface area contributed by atoms with Crippen molar-refractivity contribution in [2.75, 3.05) is 12.0 Å². The molecule has 1 N–H and O–H groups in total. The molecule has 0 aliphatic carbocycles. The Labute approximate surface area is 217 Å². The summed E-state index contributed by atoms with van der Waals surface area (Å²) in [6, 6.07) is 15.8. The number of amides is 1. The van der Waals surface area contributed by atoms with E-state index in [0.29, 0.717) is 22.4 Å². The summed E-state index contributed by atoms with van der Waals surface area (Å²) >= 11 is 0. The number of alkyl halides is 3. The van der Waals surface area contributed by atoms with Crippen molar-refractivity contribution >= 4 is 23.1 Å². The molecular formula is C29H26F3NO5. The van der Waals surface area contributed by atoms with Gasteiger partial charge in [-0.1, -0.05) is 44.2 Å². The highest BCUT2D eigenvalue weighted by molar-refractivity contribution is 6.51. The summed E-state index contributed by atoms with van der Waals surface area (Å²) in [5, 5.41) is 11.5. The predicted molar refractivity (Wildman–Crippen MR) is 136 cm³/mol. The largest absolute Gasteiger partial charge is 0.573 e. The smallest absolute Gasteiger partial charge is 0.507 e. The lowest BCUT2D eigenvalue weighted by atomic mass is 9.91. The molecular weight excluding hydrogens is 499 g/mol. The third kappa shape index (κ3) is 5.09. The maximum atomic E-state index is 13.4. The van der Waals surface area contributed by atoms with Gasteiger partial charge < -0.3 is 14.6 Å². The van der Waals surface area contributed by atoms with Crippen molar-refractivity contribution in [2.45, 2.75) is 39.1 Å². The van der Waals surface area contributed by atoms with Gasteiger partial charge in [-0.25, -0.2) is 0 Å². The monoisotopic (exact) mass is 525 g/mol. The Hall–Kier alpha value is -4.27. The topological polar surface area (TPSA) is 76.1 Å².